The molecule has 0 bridgehead atoms. The molecule has 4 aromatic rings. The quantitative estimate of drug-likeness (QED) is 0.296. The lowest BCUT2D eigenvalue weighted by Gasteiger charge is -2.19. The molecule has 2 aromatic carbocycles. The highest BCUT2D eigenvalue weighted by Crippen LogP contribution is 2.31. The van der Waals surface area contributed by atoms with Crippen molar-refractivity contribution in [2.24, 2.45) is 5.92 Å². The highest BCUT2D eigenvalue weighted by molar-refractivity contribution is 5.82. The SMILES string of the molecule is COC(=O)C1CC=C(c2ncc(-c3ccc4nc(C)n(Cc5ccccc5OC(F)F)c4c3)cn2)CC1. The van der Waals surface area contributed by atoms with Crippen LogP contribution in [-0.4, -0.2) is 39.2 Å². The van der Waals surface area contributed by atoms with Gasteiger partial charge in [0.2, 0.25) is 0 Å². The van der Waals surface area contributed by atoms with E-state index in [1.165, 1.54) is 13.2 Å². The second-order valence-electron chi connectivity index (χ2n) is 8.95. The van der Waals surface area contributed by atoms with E-state index in [2.05, 4.69) is 15.0 Å². The maximum absolute atomic E-state index is 12.9. The van der Waals surface area contributed by atoms with Gasteiger partial charge in [0.05, 0.1) is 30.6 Å². The Kier molecular flexibility index (Phi) is 6.94. The monoisotopic (exact) mass is 504 g/mol. The van der Waals surface area contributed by atoms with Gasteiger partial charge in [0.15, 0.2) is 5.82 Å². The number of para-hydroxylation sites is 1. The number of esters is 1. The van der Waals surface area contributed by atoms with Crippen LogP contribution in [0.1, 0.15) is 36.5 Å². The fraction of sp³-hybridized carbons (Fsp3) is 0.286. The van der Waals surface area contributed by atoms with Crippen LogP contribution < -0.4 is 4.74 Å². The van der Waals surface area contributed by atoms with Crippen LogP contribution in [0, 0.1) is 12.8 Å². The number of rotatable bonds is 7. The van der Waals surface area contributed by atoms with Gasteiger partial charge in [-0.15, -0.1) is 0 Å². The van der Waals surface area contributed by atoms with Gasteiger partial charge in [-0.25, -0.2) is 15.0 Å². The van der Waals surface area contributed by atoms with Crippen LogP contribution in [0.4, 0.5) is 8.78 Å². The van der Waals surface area contributed by atoms with Crippen LogP contribution in [0.2, 0.25) is 0 Å². The van der Waals surface area contributed by atoms with Crippen LogP contribution >= 0.6 is 0 Å². The second kappa shape index (κ2) is 10.5. The first-order valence-corrected chi connectivity index (χ1v) is 12.0. The van der Waals surface area contributed by atoms with Crippen molar-refractivity contribution < 1.29 is 23.0 Å². The van der Waals surface area contributed by atoms with Crippen LogP contribution in [0.3, 0.4) is 0 Å². The number of aromatic nitrogens is 4. The van der Waals surface area contributed by atoms with Gasteiger partial charge >= 0.3 is 12.6 Å². The molecule has 1 unspecified atom stereocenters. The number of carbonyl (C=O) groups excluding carboxylic acids is 1. The van der Waals surface area contributed by atoms with Crippen molar-refractivity contribution in [1.82, 2.24) is 19.5 Å². The van der Waals surface area contributed by atoms with Gasteiger partial charge in [0, 0.05) is 23.5 Å². The third-order valence-electron chi connectivity index (χ3n) is 6.67. The summed E-state index contributed by atoms with van der Waals surface area (Å²) in [5.74, 6) is 1.28. The fourth-order valence-electron chi connectivity index (χ4n) is 4.70. The van der Waals surface area contributed by atoms with Crippen molar-refractivity contribution in [3.05, 3.63) is 78.1 Å². The Labute approximate surface area is 212 Å². The molecule has 0 spiro atoms. The van der Waals surface area contributed by atoms with E-state index >= 15 is 0 Å². The van der Waals surface area contributed by atoms with Gasteiger partial charge in [-0.3, -0.25) is 4.79 Å². The predicted molar refractivity (Wildman–Crippen MR) is 135 cm³/mol. The van der Waals surface area contributed by atoms with E-state index < -0.39 is 6.61 Å². The summed E-state index contributed by atoms with van der Waals surface area (Å²) in [7, 11) is 1.41. The molecule has 37 heavy (non-hydrogen) atoms. The number of nitrogens with zero attached hydrogens (tertiary/aromatic N) is 4. The average molecular weight is 505 g/mol. The van der Waals surface area contributed by atoms with Crippen molar-refractivity contribution in [2.75, 3.05) is 7.11 Å². The molecule has 0 N–H and O–H groups in total. The summed E-state index contributed by atoms with van der Waals surface area (Å²) < 4.78 is 37.3. The number of halogens is 2. The first kappa shape index (κ1) is 24.5. The van der Waals surface area contributed by atoms with Crippen molar-refractivity contribution >= 4 is 22.6 Å². The lowest BCUT2D eigenvalue weighted by Crippen LogP contribution is -2.18. The molecular weight excluding hydrogens is 478 g/mol. The smallest absolute Gasteiger partial charge is 0.387 e. The highest BCUT2D eigenvalue weighted by Gasteiger charge is 2.23. The summed E-state index contributed by atoms with van der Waals surface area (Å²) in [4.78, 5) is 25.6. The summed E-state index contributed by atoms with van der Waals surface area (Å²) in [6.07, 6.45) is 7.66. The van der Waals surface area contributed by atoms with Crippen molar-refractivity contribution in [3.63, 3.8) is 0 Å². The number of hydrogen-bond acceptors (Lipinski definition) is 6. The third-order valence-corrected chi connectivity index (χ3v) is 6.67. The van der Waals surface area contributed by atoms with Gasteiger partial charge in [-0.05, 0) is 55.5 Å². The van der Waals surface area contributed by atoms with E-state index in [0.717, 1.165) is 46.4 Å². The van der Waals surface area contributed by atoms with Crippen LogP contribution in [-0.2, 0) is 16.1 Å². The number of benzene rings is 2. The molecule has 0 saturated carbocycles. The van der Waals surface area contributed by atoms with Gasteiger partial charge < -0.3 is 14.0 Å². The van der Waals surface area contributed by atoms with Gasteiger partial charge in [-0.2, -0.15) is 8.78 Å². The molecule has 1 aliphatic carbocycles. The predicted octanol–water partition coefficient (Wildman–Crippen LogP) is 5.81. The molecule has 7 nitrogen and oxygen atoms in total. The Bertz CT molecular complexity index is 1460. The summed E-state index contributed by atoms with van der Waals surface area (Å²) in [5.41, 5.74) is 5.11. The van der Waals surface area contributed by atoms with E-state index in [4.69, 9.17) is 9.47 Å². The number of allylic oxidation sites excluding steroid dienone is 2. The van der Waals surface area contributed by atoms with Crippen molar-refractivity contribution in [1.29, 1.82) is 0 Å². The Morgan fingerprint density at radius 3 is 2.62 bits per heavy atom. The number of hydrogen-bond donors (Lipinski definition) is 0. The van der Waals surface area contributed by atoms with E-state index in [0.29, 0.717) is 24.4 Å². The number of fused-ring (bicyclic) bond motifs is 1. The van der Waals surface area contributed by atoms with Crippen LogP contribution in [0.5, 0.6) is 5.75 Å². The molecule has 1 atom stereocenters. The first-order valence-electron chi connectivity index (χ1n) is 12.0. The molecule has 0 fully saturated rings. The normalized spacial score (nSPS) is 15.6. The lowest BCUT2D eigenvalue weighted by atomic mass is 9.89. The van der Waals surface area contributed by atoms with Crippen molar-refractivity contribution in [3.8, 4) is 16.9 Å². The van der Waals surface area contributed by atoms with Crippen LogP contribution in [0.25, 0.3) is 27.7 Å². The van der Waals surface area contributed by atoms with Gasteiger partial charge in [0.25, 0.3) is 0 Å². The summed E-state index contributed by atoms with van der Waals surface area (Å²) >= 11 is 0. The van der Waals surface area contributed by atoms with E-state index in [-0.39, 0.29) is 17.6 Å². The summed E-state index contributed by atoms with van der Waals surface area (Å²) in [5, 5.41) is 0. The second-order valence-corrected chi connectivity index (χ2v) is 8.95. The number of carbonyl (C=O) groups is 1. The maximum atomic E-state index is 12.9. The van der Waals surface area contributed by atoms with Gasteiger partial charge in [-0.1, -0.05) is 30.3 Å². The number of alkyl halides is 2. The Morgan fingerprint density at radius 1 is 1.14 bits per heavy atom. The van der Waals surface area contributed by atoms with E-state index in [1.54, 1.807) is 30.6 Å². The average Bonchev–Trinajstić information content (AvgIpc) is 3.23. The van der Waals surface area contributed by atoms with E-state index in [9.17, 15) is 13.6 Å². The Hall–Kier alpha value is -4.14. The molecular formula is C28H26F2N4O3. The topological polar surface area (TPSA) is 79.1 Å². The van der Waals surface area contributed by atoms with Crippen LogP contribution in [0.15, 0.2) is 60.9 Å². The molecule has 5 rings (SSSR count). The maximum Gasteiger partial charge on any atom is 0.387 e. The minimum absolute atomic E-state index is 0.109. The number of imidazole rings is 1. The lowest BCUT2D eigenvalue weighted by molar-refractivity contribution is -0.145. The summed E-state index contributed by atoms with van der Waals surface area (Å²) in [6, 6.07) is 12.7. The number of ether oxygens (including phenoxy) is 2. The molecule has 9 heteroatoms. The summed E-state index contributed by atoms with van der Waals surface area (Å²) in [6.45, 7) is -0.670. The number of methoxy groups -OCH3 is 1. The third kappa shape index (κ3) is 5.21. The molecule has 1 aliphatic rings. The van der Waals surface area contributed by atoms with Gasteiger partial charge in [0.1, 0.15) is 11.6 Å². The minimum atomic E-state index is -2.89. The molecule has 190 valence electrons. The largest absolute Gasteiger partial charge is 0.469 e. The van der Waals surface area contributed by atoms with Crippen molar-refractivity contribution in [2.45, 2.75) is 39.3 Å². The first-order chi connectivity index (χ1) is 17.9. The zero-order chi connectivity index (χ0) is 25.9. The molecule has 0 amide bonds. The molecule has 0 aliphatic heterocycles. The highest BCUT2D eigenvalue weighted by atomic mass is 19.3. The Balaban J connectivity index is 1.40. The van der Waals surface area contributed by atoms with E-state index in [1.807, 2.05) is 35.8 Å². The minimum Gasteiger partial charge on any atom is -0.469 e. The zero-order valence-corrected chi connectivity index (χ0v) is 20.5. The fourth-order valence-corrected chi connectivity index (χ4v) is 4.70. The Morgan fingerprint density at radius 2 is 1.92 bits per heavy atom. The molecule has 2 aromatic heterocycles. The molecule has 2 heterocycles. The number of aryl methyl sites for hydroxylation is 1. The molecule has 0 radical (unpaired) electrons. The molecule has 0 saturated heterocycles. The standard InChI is InChI=1S/C28H26F2N4O3/c1-17-33-23-12-11-20(13-24(23)34(17)16-21-5-3-4-6-25(21)37-28(29)30)22-14-31-26(32-15-22)18-7-9-19(10-8-18)27(35)36-2/h3-7,11-15,19,28H,8-10,16H2,1-2H3. The zero-order valence-electron chi connectivity index (χ0n) is 20.5.